The lowest BCUT2D eigenvalue weighted by molar-refractivity contribution is 0.480. The molecule has 0 heterocycles. The summed E-state index contributed by atoms with van der Waals surface area (Å²) in [7, 11) is 0. The van der Waals surface area contributed by atoms with Gasteiger partial charge < -0.3 is 22.1 Å². The number of nitrogens with two attached hydrogens (primary N) is 2. The molecule has 0 saturated carbocycles. The number of rotatable bonds is 10. The second-order valence-corrected chi connectivity index (χ2v) is 6.79. The van der Waals surface area contributed by atoms with Crippen molar-refractivity contribution < 1.29 is 0 Å². The fourth-order valence-electron chi connectivity index (χ4n) is 3.54. The van der Waals surface area contributed by atoms with Crippen molar-refractivity contribution in [1.29, 1.82) is 0 Å². The average molecular weight is 351 g/mol. The van der Waals surface area contributed by atoms with Crippen LogP contribution in [0.15, 0.2) is 54.6 Å². The first kappa shape index (κ1) is 18.8. The van der Waals surface area contributed by atoms with Crippen molar-refractivity contribution in [2.75, 3.05) is 26.2 Å². The minimum atomic E-state index is 0.335. The first-order valence-corrected chi connectivity index (χ1v) is 9.57. The lowest BCUT2D eigenvalue weighted by Gasteiger charge is -2.16. The maximum Gasteiger partial charge on any atom is 0.0217 e. The predicted octanol–water partition coefficient (Wildman–Crippen LogP) is 2.74. The Morgan fingerprint density at radius 3 is 2.12 bits per heavy atom. The van der Waals surface area contributed by atoms with E-state index in [0.717, 1.165) is 32.5 Å². The normalized spacial score (nSPS) is 12.7. The number of hydrogen-bond acceptors (Lipinski definition) is 4. The molecule has 0 aliphatic carbocycles. The van der Waals surface area contributed by atoms with Gasteiger partial charge in [-0.15, -0.1) is 0 Å². The van der Waals surface area contributed by atoms with Crippen LogP contribution in [-0.4, -0.2) is 32.2 Å². The zero-order chi connectivity index (χ0) is 18.2. The highest BCUT2D eigenvalue weighted by atomic mass is 14.9. The molecule has 0 fully saturated rings. The summed E-state index contributed by atoms with van der Waals surface area (Å²) in [6.07, 6.45) is 2.01. The van der Waals surface area contributed by atoms with Crippen molar-refractivity contribution in [3.63, 3.8) is 0 Å². The van der Waals surface area contributed by atoms with Crippen molar-refractivity contribution in [3.05, 3.63) is 60.2 Å². The molecule has 0 amide bonds. The summed E-state index contributed by atoms with van der Waals surface area (Å²) in [5.74, 6) is 0. The van der Waals surface area contributed by atoms with Crippen molar-refractivity contribution in [2.24, 2.45) is 11.5 Å². The van der Waals surface area contributed by atoms with Crippen molar-refractivity contribution in [2.45, 2.75) is 25.4 Å². The zero-order valence-corrected chi connectivity index (χ0v) is 15.4. The van der Waals surface area contributed by atoms with E-state index >= 15 is 0 Å². The summed E-state index contributed by atoms with van der Waals surface area (Å²) >= 11 is 0. The van der Waals surface area contributed by atoms with E-state index in [-0.39, 0.29) is 0 Å². The molecule has 26 heavy (non-hydrogen) atoms. The van der Waals surface area contributed by atoms with E-state index in [1.165, 1.54) is 27.1 Å². The van der Waals surface area contributed by atoms with E-state index in [0.29, 0.717) is 19.1 Å². The second-order valence-electron chi connectivity index (χ2n) is 6.79. The van der Waals surface area contributed by atoms with E-state index < -0.39 is 0 Å². The maximum absolute atomic E-state index is 5.75. The summed E-state index contributed by atoms with van der Waals surface area (Å²) in [6, 6.07) is 19.9. The summed E-state index contributed by atoms with van der Waals surface area (Å²) in [4.78, 5) is 0. The zero-order valence-electron chi connectivity index (χ0n) is 15.4. The monoisotopic (exact) mass is 350 g/mol. The highest BCUT2D eigenvalue weighted by molar-refractivity contribution is 6.02. The molecular weight excluding hydrogens is 320 g/mol. The van der Waals surface area contributed by atoms with Crippen LogP contribution in [0.2, 0.25) is 0 Å². The fourth-order valence-corrected chi connectivity index (χ4v) is 3.54. The van der Waals surface area contributed by atoms with Gasteiger partial charge in [0.2, 0.25) is 0 Å². The highest BCUT2D eigenvalue weighted by Crippen LogP contribution is 2.28. The molecule has 0 aromatic heterocycles. The first-order chi connectivity index (χ1) is 12.8. The fraction of sp³-hybridized carbons (Fsp3) is 0.364. The molecule has 138 valence electrons. The molecule has 4 nitrogen and oxygen atoms in total. The molecule has 4 heteroatoms. The van der Waals surface area contributed by atoms with E-state index in [4.69, 9.17) is 11.5 Å². The minimum absolute atomic E-state index is 0.335. The Labute approximate surface area is 155 Å². The first-order valence-electron chi connectivity index (χ1n) is 9.57. The minimum Gasteiger partial charge on any atom is -0.330 e. The highest BCUT2D eigenvalue weighted by Gasteiger charge is 2.07. The summed E-state index contributed by atoms with van der Waals surface area (Å²) < 4.78 is 0. The van der Waals surface area contributed by atoms with Crippen LogP contribution in [0.25, 0.3) is 21.5 Å². The number of nitrogens with one attached hydrogen (secondary N) is 2. The Morgan fingerprint density at radius 2 is 1.50 bits per heavy atom. The van der Waals surface area contributed by atoms with Gasteiger partial charge in [0.1, 0.15) is 0 Å². The second kappa shape index (κ2) is 9.64. The van der Waals surface area contributed by atoms with Crippen LogP contribution in [0.4, 0.5) is 0 Å². The molecule has 0 radical (unpaired) electrons. The third-order valence-corrected chi connectivity index (χ3v) is 4.95. The van der Waals surface area contributed by atoms with Gasteiger partial charge >= 0.3 is 0 Å². The molecule has 1 atom stereocenters. The SMILES string of the molecule is NCCC(CN)NCCCNCc1c2ccccc2cc2ccccc12. The van der Waals surface area contributed by atoms with Crippen LogP contribution in [0.5, 0.6) is 0 Å². The lowest BCUT2D eigenvalue weighted by atomic mass is 9.97. The van der Waals surface area contributed by atoms with Gasteiger partial charge in [0.25, 0.3) is 0 Å². The molecular formula is C22H30N4. The Kier molecular flexibility index (Phi) is 6.97. The molecule has 0 spiro atoms. The third kappa shape index (κ3) is 4.59. The average Bonchev–Trinajstić information content (AvgIpc) is 2.68. The molecule has 1 unspecified atom stereocenters. The third-order valence-electron chi connectivity index (χ3n) is 4.95. The van der Waals surface area contributed by atoms with Gasteiger partial charge in [-0.3, -0.25) is 0 Å². The van der Waals surface area contributed by atoms with E-state index in [1.54, 1.807) is 0 Å². The van der Waals surface area contributed by atoms with Crippen LogP contribution in [0, 0.1) is 0 Å². The van der Waals surface area contributed by atoms with Crippen molar-refractivity contribution in [1.82, 2.24) is 10.6 Å². The van der Waals surface area contributed by atoms with E-state index in [9.17, 15) is 0 Å². The Balaban J connectivity index is 1.61. The molecule has 0 bridgehead atoms. The van der Waals surface area contributed by atoms with E-state index in [1.807, 2.05) is 0 Å². The molecule has 0 aliphatic rings. The van der Waals surface area contributed by atoms with Crippen LogP contribution in [0.1, 0.15) is 18.4 Å². The lowest BCUT2D eigenvalue weighted by Crippen LogP contribution is -2.38. The van der Waals surface area contributed by atoms with Gasteiger partial charge in [0, 0.05) is 19.1 Å². The van der Waals surface area contributed by atoms with Gasteiger partial charge in [0.05, 0.1) is 0 Å². The summed E-state index contributed by atoms with van der Waals surface area (Å²) in [5.41, 5.74) is 12.7. The van der Waals surface area contributed by atoms with Crippen LogP contribution >= 0.6 is 0 Å². The van der Waals surface area contributed by atoms with Crippen LogP contribution in [-0.2, 0) is 6.54 Å². The smallest absolute Gasteiger partial charge is 0.0217 e. The Bertz CT molecular complexity index is 777. The summed E-state index contributed by atoms with van der Waals surface area (Å²) in [6.45, 7) is 4.15. The van der Waals surface area contributed by atoms with Crippen molar-refractivity contribution >= 4 is 21.5 Å². The van der Waals surface area contributed by atoms with E-state index in [2.05, 4.69) is 65.2 Å². The van der Waals surface area contributed by atoms with Crippen LogP contribution in [0.3, 0.4) is 0 Å². The number of benzene rings is 3. The number of fused-ring (bicyclic) bond motifs is 2. The standard InChI is InChI=1S/C22H30N4/c23-11-10-19(15-24)26-13-5-12-25-16-22-20-8-3-1-6-17(20)14-18-7-2-4-9-21(18)22/h1-4,6-9,14,19,25-26H,5,10-13,15-16,23-24H2. The molecule has 0 saturated heterocycles. The Hall–Kier alpha value is -1.98. The largest absolute Gasteiger partial charge is 0.330 e. The molecule has 3 aromatic rings. The van der Waals surface area contributed by atoms with Gasteiger partial charge in [-0.05, 0) is 65.7 Å². The molecule has 6 N–H and O–H groups in total. The predicted molar refractivity (Wildman–Crippen MR) is 112 cm³/mol. The van der Waals surface area contributed by atoms with Gasteiger partial charge in [-0.1, -0.05) is 48.5 Å². The Morgan fingerprint density at radius 1 is 0.846 bits per heavy atom. The quantitative estimate of drug-likeness (QED) is 0.335. The van der Waals surface area contributed by atoms with Gasteiger partial charge in [0.15, 0.2) is 0 Å². The molecule has 0 aliphatic heterocycles. The van der Waals surface area contributed by atoms with Crippen molar-refractivity contribution in [3.8, 4) is 0 Å². The van der Waals surface area contributed by atoms with Gasteiger partial charge in [-0.25, -0.2) is 0 Å². The number of hydrogen-bond donors (Lipinski definition) is 4. The van der Waals surface area contributed by atoms with Gasteiger partial charge in [-0.2, -0.15) is 0 Å². The maximum atomic E-state index is 5.75. The van der Waals surface area contributed by atoms with Crippen LogP contribution < -0.4 is 22.1 Å². The summed E-state index contributed by atoms with van der Waals surface area (Å²) in [5, 5.41) is 12.4. The molecule has 3 rings (SSSR count). The topological polar surface area (TPSA) is 76.1 Å². The molecule has 3 aromatic carbocycles.